The van der Waals surface area contributed by atoms with Crippen LogP contribution in [0.3, 0.4) is 0 Å². The highest BCUT2D eigenvalue weighted by Crippen LogP contribution is 2.43. The van der Waals surface area contributed by atoms with Crippen molar-refractivity contribution in [3.05, 3.63) is 59.8 Å². The normalized spacial score (nSPS) is 15.2. The van der Waals surface area contributed by atoms with Crippen LogP contribution in [0.5, 0.6) is 0 Å². The molecule has 0 atom stereocenters. The molecule has 124 valence electrons. The number of hydrogen-bond acceptors (Lipinski definition) is 3. The minimum Gasteiger partial charge on any atom is -0.350 e. The summed E-state index contributed by atoms with van der Waals surface area (Å²) in [6, 6.07) is 15.4. The third kappa shape index (κ3) is 3.45. The number of carbonyl (C=O) groups excluding carboxylic acids is 2. The summed E-state index contributed by atoms with van der Waals surface area (Å²) in [4.78, 5) is 27.7. The number of amides is 2. The molecule has 1 heterocycles. The van der Waals surface area contributed by atoms with Crippen molar-refractivity contribution < 1.29 is 9.59 Å². The highest BCUT2D eigenvalue weighted by atomic mass is 16.2. The van der Waals surface area contributed by atoms with Gasteiger partial charge in [0.2, 0.25) is 5.91 Å². The zero-order chi connectivity index (χ0) is 17.0. The van der Waals surface area contributed by atoms with Gasteiger partial charge >= 0.3 is 0 Å². The summed E-state index contributed by atoms with van der Waals surface area (Å²) in [7, 11) is 0. The number of hydrogen-bond donors (Lipinski definition) is 2. The number of carbonyl (C=O) groups is 2. The van der Waals surface area contributed by atoms with E-state index in [1.807, 2.05) is 18.2 Å². The van der Waals surface area contributed by atoms with E-state index >= 15 is 0 Å². The molecule has 0 saturated heterocycles. The van der Waals surface area contributed by atoms with Gasteiger partial charge in [-0.05, 0) is 30.5 Å². The topological polar surface area (TPSA) is 71.1 Å². The molecular weight excluding hydrogens is 302 g/mol. The zero-order valence-corrected chi connectivity index (χ0v) is 13.7. The van der Waals surface area contributed by atoms with E-state index in [0.29, 0.717) is 18.1 Å². The van der Waals surface area contributed by atoms with E-state index in [0.717, 1.165) is 12.8 Å². The second-order valence-electron chi connectivity index (χ2n) is 6.27. The predicted molar refractivity (Wildman–Crippen MR) is 92.8 cm³/mol. The fourth-order valence-corrected chi connectivity index (χ4v) is 3.11. The molecule has 5 nitrogen and oxygen atoms in total. The summed E-state index contributed by atoms with van der Waals surface area (Å²) in [5.74, 6) is -0.0430. The Morgan fingerprint density at radius 3 is 2.46 bits per heavy atom. The summed E-state index contributed by atoms with van der Waals surface area (Å²) in [5, 5.41) is 5.60. The molecular formula is C19H21N3O2. The van der Waals surface area contributed by atoms with E-state index in [1.165, 1.54) is 18.9 Å². The number of benzene rings is 1. The number of nitrogens with zero attached hydrogens (tertiary/aromatic N) is 1. The standard InChI is InChI=1S/C19H21N3O2/c1-14(23)21-17-10-5-9-16(22-17)18(24)20-13-19(11-6-12-19)15-7-3-2-4-8-15/h2-5,7-10H,6,11-13H2,1H3,(H,20,24)(H,21,22,23). The van der Waals surface area contributed by atoms with Crippen LogP contribution in [0, 0.1) is 0 Å². The lowest BCUT2D eigenvalue weighted by Crippen LogP contribution is -2.45. The second-order valence-corrected chi connectivity index (χ2v) is 6.27. The van der Waals surface area contributed by atoms with Crippen LogP contribution in [0.15, 0.2) is 48.5 Å². The van der Waals surface area contributed by atoms with Crippen molar-refractivity contribution >= 4 is 17.6 Å². The van der Waals surface area contributed by atoms with Crippen molar-refractivity contribution in [2.75, 3.05) is 11.9 Å². The van der Waals surface area contributed by atoms with Crippen LogP contribution in [0.25, 0.3) is 0 Å². The molecule has 0 bridgehead atoms. The van der Waals surface area contributed by atoms with E-state index in [-0.39, 0.29) is 17.2 Å². The predicted octanol–water partition coefficient (Wildman–Crippen LogP) is 2.89. The molecule has 2 N–H and O–H groups in total. The number of pyridine rings is 1. The smallest absolute Gasteiger partial charge is 0.269 e. The van der Waals surface area contributed by atoms with Crippen LogP contribution in [0.4, 0.5) is 5.82 Å². The minimum absolute atomic E-state index is 0.0339. The van der Waals surface area contributed by atoms with E-state index in [4.69, 9.17) is 0 Å². The van der Waals surface area contributed by atoms with Gasteiger partial charge in [-0.3, -0.25) is 9.59 Å². The lowest BCUT2D eigenvalue weighted by Gasteiger charge is -2.42. The Morgan fingerprint density at radius 1 is 1.08 bits per heavy atom. The van der Waals surface area contributed by atoms with E-state index in [2.05, 4.69) is 27.8 Å². The summed E-state index contributed by atoms with van der Waals surface area (Å²) in [5.41, 5.74) is 1.62. The molecule has 1 aliphatic rings. The Labute approximate surface area is 141 Å². The average Bonchev–Trinajstić information content (AvgIpc) is 2.54. The molecule has 1 aromatic heterocycles. The van der Waals surface area contributed by atoms with Crippen LogP contribution in [0.2, 0.25) is 0 Å². The van der Waals surface area contributed by atoms with Crippen molar-refractivity contribution in [3.8, 4) is 0 Å². The first-order valence-corrected chi connectivity index (χ1v) is 8.17. The van der Waals surface area contributed by atoms with Gasteiger partial charge in [0.15, 0.2) is 0 Å². The third-order valence-corrected chi connectivity index (χ3v) is 4.57. The maximum Gasteiger partial charge on any atom is 0.269 e. The highest BCUT2D eigenvalue weighted by Gasteiger charge is 2.38. The number of aromatic nitrogens is 1. The van der Waals surface area contributed by atoms with Gasteiger partial charge in [-0.1, -0.05) is 42.8 Å². The molecule has 2 amide bonds. The van der Waals surface area contributed by atoms with E-state index < -0.39 is 0 Å². The van der Waals surface area contributed by atoms with Gasteiger partial charge < -0.3 is 10.6 Å². The molecule has 0 spiro atoms. The van der Waals surface area contributed by atoms with Crippen LogP contribution < -0.4 is 10.6 Å². The summed E-state index contributed by atoms with van der Waals surface area (Å²) in [6.07, 6.45) is 3.34. The first-order valence-electron chi connectivity index (χ1n) is 8.17. The van der Waals surface area contributed by atoms with Crippen LogP contribution in [-0.2, 0) is 10.2 Å². The molecule has 1 aromatic carbocycles. The zero-order valence-electron chi connectivity index (χ0n) is 13.7. The lowest BCUT2D eigenvalue weighted by atomic mass is 9.64. The Balaban J connectivity index is 1.68. The summed E-state index contributed by atoms with van der Waals surface area (Å²) >= 11 is 0. The molecule has 3 rings (SSSR count). The van der Waals surface area contributed by atoms with Crippen molar-refractivity contribution in [3.63, 3.8) is 0 Å². The van der Waals surface area contributed by atoms with Crippen molar-refractivity contribution in [2.24, 2.45) is 0 Å². The van der Waals surface area contributed by atoms with Crippen LogP contribution in [0.1, 0.15) is 42.2 Å². The molecule has 1 aliphatic carbocycles. The number of anilines is 1. The SMILES string of the molecule is CC(=O)Nc1cccc(C(=O)NCC2(c3ccccc3)CCC2)n1. The van der Waals surface area contributed by atoms with Gasteiger partial charge in [-0.2, -0.15) is 0 Å². The fourth-order valence-electron chi connectivity index (χ4n) is 3.11. The molecule has 0 aliphatic heterocycles. The summed E-state index contributed by atoms with van der Waals surface area (Å²) in [6.45, 7) is 2.01. The monoisotopic (exact) mass is 323 g/mol. The molecule has 5 heteroatoms. The van der Waals surface area contributed by atoms with Crippen molar-refractivity contribution in [2.45, 2.75) is 31.6 Å². The second kappa shape index (κ2) is 6.83. The Morgan fingerprint density at radius 2 is 1.83 bits per heavy atom. The number of rotatable bonds is 5. The maximum absolute atomic E-state index is 12.4. The van der Waals surface area contributed by atoms with Gasteiger partial charge in [-0.15, -0.1) is 0 Å². The first-order chi connectivity index (χ1) is 11.6. The molecule has 0 unspecified atom stereocenters. The largest absolute Gasteiger partial charge is 0.350 e. The Hall–Kier alpha value is -2.69. The Kier molecular flexibility index (Phi) is 4.60. The van der Waals surface area contributed by atoms with Gasteiger partial charge in [0.1, 0.15) is 11.5 Å². The maximum atomic E-state index is 12.4. The van der Waals surface area contributed by atoms with Gasteiger partial charge in [0, 0.05) is 18.9 Å². The molecule has 2 aromatic rings. The number of nitrogens with one attached hydrogen (secondary N) is 2. The Bertz CT molecular complexity index is 739. The molecule has 1 saturated carbocycles. The third-order valence-electron chi connectivity index (χ3n) is 4.57. The first kappa shape index (κ1) is 16.2. The quantitative estimate of drug-likeness (QED) is 0.889. The van der Waals surface area contributed by atoms with E-state index in [9.17, 15) is 9.59 Å². The molecule has 0 radical (unpaired) electrons. The van der Waals surface area contributed by atoms with Crippen LogP contribution >= 0.6 is 0 Å². The van der Waals surface area contributed by atoms with Crippen LogP contribution in [-0.4, -0.2) is 23.3 Å². The van der Waals surface area contributed by atoms with Gasteiger partial charge in [0.05, 0.1) is 0 Å². The highest BCUT2D eigenvalue weighted by molar-refractivity contribution is 5.93. The lowest BCUT2D eigenvalue weighted by molar-refractivity contribution is -0.114. The van der Waals surface area contributed by atoms with Crippen molar-refractivity contribution in [1.82, 2.24) is 10.3 Å². The van der Waals surface area contributed by atoms with Gasteiger partial charge in [0.25, 0.3) is 5.91 Å². The van der Waals surface area contributed by atoms with E-state index in [1.54, 1.807) is 18.2 Å². The van der Waals surface area contributed by atoms with Crippen molar-refractivity contribution in [1.29, 1.82) is 0 Å². The molecule has 1 fully saturated rings. The molecule has 24 heavy (non-hydrogen) atoms. The fraction of sp³-hybridized carbons (Fsp3) is 0.316. The minimum atomic E-state index is -0.218. The summed E-state index contributed by atoms with van der Waals surface area (Å²) < 4.78 is 0. The van der Waals surface area contributed by atoms with Gasteiger partial charge in [-0.25, -0.2) is 4.98 Å². The average molecular weight is 323 g/mol.